The van der Waals surface area contributed by atoms with Crippen molar-refractivity contribution in [3.8, 4) is 17.6 Å². The van der Waals surface area contributed by atoms with Gasteiger partial charge < -0.3 is 14.8 Å². The van der Waals surface area contributed by atoms with E-state index in [2.05, 4.69) is 5.32 Å². The van der Waals surface area contributed by atoms with Crippen LogP contribution in [0.5, 0.6) is 11.5 Å². The van der Waals surface area contributed by atoms with E-state index >= 15 is 0 Å². The molecule has 0 fully saturated rings. The van der Waals surface area contributed by atoms with Gasteiger partial charge in [0.15, 0.2) is 11.5 Å². The lowest BCUT2D eigenvalue weighted by molar-refractivity contribution is -0.130. The fourth-order valence-electron chi connectivity index (χ4n) is 1.64. The molecular weight excluding hydrogens is 232 g/mol. The summed E-state index contributed by atoms with van der Waals surface area (Å²) in [4.78, 5) is 11.9. The first-order chi connectivity index (χ1) is 8.74. The SMILES string of the molecule is CCC(C#N)NC(=O)C1COc2ccccc2O1. The fraction of sp³-hybridized carbons (Fsp3) is 0.385. The number of nitrogens with zero attached hydrogens (tertiary/aromatic N) is 1. The number of nitriles is 1. The van der Waals surface area contributed by atoms with Crippen LogP contribution in [0.3, 0.4) is 0 Å². The number of ether oxygens (including phenoxy) is 2. The summed E-state index contributed by atoms with van der Waals surface area (Å²) in [6.07, 6.45) is -0.144. The van der Waals surface area contributed by atoms with Crippen LogP contribution >= 0.6 is 0 Å². The van der Waals surface area contributed by atoms with E-state index in [1.165, 1.54) is 0 Å². The van der Waals surface area contributed by atoms with Gasteiger partial charge in [0.25, 0.3) is 5.91 Å². The Labute approximate surface area is 105 Å². The van der Waals surface area contributed by atoms with Crippen LogP contribution < -0.4 is 14.8 Å². The van der Waals surface area contributed by atoms with Gasteiger partial charge in [-0.05, 0) is 18.6 Å². The zero-order valence-corrected chi connectivity index (χ0v) is 10.1. The molecular formula is C13H14N2O3. The van der Waals surface area contributed by atoms with Crippen molar-refractivity contribution in [2.75, 3.05) is 6.61 Å². The zero-order valence-electron chi connectivity index (χ0n) is 10.1. The molecule has 1 N–H and O–H groups in total. The summed E-state index contributed by atoms with van der Waals surface area (Å²) < 4.78 is 11.0. The average molecular weight is 246 g/mol. The third-order valence-corrected chi connectivity index (χ3v) is 2.68. The monoisotopic (exact) mass is 246 g/mol. The van der Waals surface area contributed by atoms with Gasteiger partial charge in [0.1, 0.15) is 12.6 Å². The molecule has 0 aromatic heterocycles. The summed E-state index contributed by atoms with van der Waals surface area (Å²) in [6.45, 7) is 1.99. The minimum absolute atomic E-state index is 0.157. The molecule has 0 radical (unpaired) electrons. The molecule has 0 spiro atoms. The summed E-state index contributed by atoms with van der Waals surface area (Å²) >= 11 is 0. The number of para-hydroxylation sites is 2. The van der Waals surface area contributed by atoms with E-state index in [1.54, 1.807) is 12.1 Å². The van der Waals surface area contributed by atoms with Crippen LogP contribution in [0.15, 0.2) is 24.3 Å². The highest BCUT2D eigenvalue weighted by Gasteiger charge is 2.28. The van der Waals surface area contributed by atoms with Crippen LogP contribution in [0, 0.1) is 11.3 Å². The summed E-state index contributed by atoms with van der Waals surface area (Å²) in [5.74, 6) is 0.862. The topological polar surface area (TPSA) is 71.4 Å². The van der Waals surface area contributed by atoms with Gasteiger partial charge in [0, 0.05) is 0 Å². The Kier molecular flexibility index (Phi) is 3.68. The molecule has 2 rings (SSSR count). The molecule has 1 amide bonds. The van der Waals surface area contributed by atoms with E-state index in [9.17, 15) is 4.79 Å². The van der Waals surface area contributed by atoms with Crippen LogP contribution in [0.2, 0.25) is 0 Å². The highest BCUT2D eigenvalue weighted by atomic mass is 16.6. The number of carbonyl (C=O) groups excluding carboxylic acids is 1. The first kappa shape index (κ1) is 12.2. The lowest BCUT2D eigenvalue weighted by Gasteiger charge is -2.26. The van der Waals surface area contributed by atoms with Crippen LogP contribution in [0.4, 0.5) is 0 Å². The van der Waals surface area contributed by atoms with Crippen molar-refractivity contribution in [3.05, 3.63) is 24.3 Å². The lowest BCUT2D eigenvalue weighted by atomic mass is 10.2. The molecule has 0 aliphatic carbocycles. The van der Waals surface area contributed by atoms with Gasteiger partial charge in [-0.3, -0.25) is 4.79 Å². The van der Waals surface area contributed by atoms with Crippen molar-refractivity contribution in [3.63, 3.8) is 0 Å². The first-order valence-corrected chi connectivity index (χ1v) is 5.83. The van der Waals surface area contributed by atoms with Crippen molar-refractivity contribution in [1.29, 1.82) is 5.26 Å². The maximum atomic E-state index is 11.9. The van der Waals surface area contributed by atoms with Crippen molar-refractivity contribution in [2.45, 2.75) is 25.5 Å². The molecule has 1 aliphatic heterocycles. The summed E-state index contributed by atoms with van der Waals surface area (Å²) in [5, 5.41) is 11.4. The number of nitrogens with one attached hydrogen (secondary N) is 1. The van der Waals surface area contributed by atoms with Gasteiger partial charge in [0.2, 0.25) is 6.10 Å². The van der Waals surface area contributed by atoms with E-state index in [-0.39, 0.29) is 12.5 Å². The summed E-state index contributed by atoms with van der Waals surface area (Å²) in [6, 6.07) is 8.71. The molecule has 18 heavy (non-hydrogen) atoms. The van der Waals surface area contributed by atoms with Crippen molar-refractivity contribution in [2.24, 2.45) is 0 Å². The normalized spacial score (nSPS) is 18.6. The summed E-state index contributed by atoms with van der Waals surface area (Å²) in [5.41, 5.74) is 0. The Hall–Kier alpha value is -2.22. The molecule has 1 heterocycles. The maximum Gasteiger partial charge on any atom is 0.265 e. The largest absolute Gasteiger partial charge is 0.485 e. The second-order valence-corrected chi connectivity index (χ2v) is 3.96. The van der Waals surface area contributed by atoms with Gasteiger partial charge in [-0.2, -0.15) is 5.26 Å². The van der Waals surface area contributed by atoms with E-state index < -0.39 is 12.1 Å². The minimum atomic E-state index is -0.706. The number of hydrogen-bond acceptors (Lipinski definition) is 4. The molecule has 5 heteroatoms. The zero-order chi connectivity index (χ0) is 13.0. The highest BCUT2D eigenvalue weighted by molar-refractivity contribution is 5.82. The molecule has 5 nitrogen and oxygen atoms in total. The Morgan fingerprint density at radius 3 is 2.94 bits per heavy atom. The molecule has 0 saturated heterocycles. The molecule has 2 unspecified atom stereocenters. The van der Waals surface area contributed by atoms with Crippen LogP contribution in [-0.4, -0.2) is 24.7 Å². The van der Waals surface area contributed by atoms with Gasteiger partial charge >= 0.3 is 0 Å². The smallest absolute Gasteiger partial charge is 0.265 e. The van der Waals surface area contributed by atoms with Gasteiger partial charge in [-0.25, -0.2) is 0 Å². The number of fused-ring (bicyclic) bond motifs is 1. The maximum absolute atomic E-state index is 11.9. The molecule has 2 atom stereocenters. The Balaban J connectivity index is 2.01. The van der Waals surface area contributed by atoms with Crippen LogP contribution in [0.1, 0.15) is 13.3 Å². The molecule has 0 saturated carbocycles. The Bertz CT molecular complexity index is 481. The molecule has 0 bridgehead atoms. The van der Waals surface area contributed by atoms with Gasteiger partial charge in [-0.15, -0.1) is 0 Å². The van der Waals surface area contributed by atoms with E-state index in [1.807, 2.05) is 25.1 Å². The molecule has 1 aliphatic rings. The minimum Gasteiger partial charge on any atom is -0.485 e. The number of amides is 1. The Morgan fingerprint density at radius 2 is 2.28 bits per heavy atom. The molecule has 1 aromatic rings. The van der Waals surface area contributed by atoms with Crippen LogP contribution in [-0.2, 0) is 4.79 Å². The highest BCUT2D eigenvalue weighted by Crippen LogP contribution is 2.30. The summed E-state index contributed by atoms with van der Waals surface area (Å²) in [7, 11) is 0. The quantitative estimate of drug-likeness (QED) is 0.871. The lowest BCUT2D eigenvalue weighted by Crippen LogP contribution is -2.47. The van der Waals surface area contributed by atoms with Crippen molar-refractivity contribution in [1.82, 2.24) is 5.32 Å². The van der Waals surface area contributed by atoms with E-state index in [0.29, 0.717) is 17.9 Å². The number of hydrogen-bond donors (Lipinski definition) is 1. The second-order valence-electron chi connectivity index (χ2n) is 3.96. The third kappa shape index (κ3) is 2.54. The van der Waals surface area contributed by atoms with Crippen LogP contribution in [0.25, 0.3) is 0 Å². The second kappa shape index (κ2) is 5.41. The van der Waals surface area contributed by atoms with Gasteiger partial charge in [0.05, 0.1) is 6.07 Å². The van der Waals surface area contributed by atoms with Crippen molar-refractivity contribution < 1.29 is 14.3 Å². The third-order valence-electron chi connectivity index (χ3n) is 2.68. The number of rotatable bonds is 3. The first-order valence-electron chi connectivity index (χ1n) is 5.83. The van der Waals surface area contributed by atoms with E-state index in [4.69, 9.17) is 14.7 Å². The standard InChI is InChI=1S/C13H14N2O3/c1-2-9(7-14)15-13(16)12-8-17-10-5-3-4-6-11(10)18-12/h3-6,9,12H,2,8H2,1H3,(H,15,16). The van der Waals surface area contributed by atoms with Gasteiger partial charge in [-0.1, -0.05) is 19.1 Å². The predicted molar refractivity (Wildman–Crippen MR) is 64.2 cm³/mol. The molecule has 94 valence electrons. The average Bonchev–Trinajstić information content (AvgIpc) is 2.44. The molecule has 1 aromatic carbocycles. The fourth-order valence-corrected chi connectivity index (χ4v) is 1.64. The predicted octanol–water partition coefficient (Wildman–Crippen LogP) is 1.24. The number of benzene rings is 1. The number of carbonyl (C=O) groups is 1. The Morgan fingerprint density at radius 1 is 1.56 bits per heavy atom. The van der Waals surface area contributed by atoms with Crippen molar-refractivity contribution >= 4 is 5.91 Å². The van der Waals surface area contributed by atoms with E-state index in [0.717, 1.165) is 0 Å².